The third kappa shape index (κ3) is 3.96. The summed E-state index contributed by atoms with van der Waals surface area (Å²) in [5.41, 5.74) is 2.26. The predicted octanol–water partition coefficient (Wildman–Crippen LogP) is 3.78. The quantitative estimate of drug-likeness (QED) is 0.725. The van der Waals surface area contributed by atoms with Gasteiger partial charge in [0.25, 0.3) is 5.91 Å². The zero-order valence-corrected chi connectivity index (χ0v) is 16.2. The van der Waals surface area contributed by atoms with Crippen molar-refractivity contribution in [2.45, 2.75) is 25.7 Å². The molecular weight excluding hydrogens is 376 g/mol. The molecule has 1 N–H and O–H groups in total. The summed E-state index contributed by atoms with van der Waals surface area (Å²) in [6.45, 7) is 2.80. The summed E-state index contributed by atoms with van der Waals surface area (Å²) in [6, 6.07) is 9.13. The molecular formula is C20H20N4O3S. The van der Waals surface area contributed by atoms with Crippen LogP contribution in [0.2, 0.25) is 0 Å². The molecule has 2 aromatic heterocycles. The summed E-state index contributed by atoms with van der Waals surface area (Å²) in [5, 5.41) is 10.6. The minimum atomic E-state index is -0.117. The van der Waals surface area contributed by atoms with Gasteiger partial charge in [-0.25, -0.2) is 0 Å². The van der Waals surface area contributed by atoms with Crippen LogP contribution in [0.15, 0.2) is 45.6 Å². The van der Waals surface area contributed by atoms with E-state index in [1.807, 2.05) is 33.9 Å². The monoisotopic (exact) mass is 396 g/mol. The van der Waals surface area contributed by atoms with Crippen molar-refractivity contribution >= 4 is 28.8 Å². The zero-order chi connectivity index (χ0) is 19.5. The zero-order valence-electron chi connectivity index (χ0n) is 15.4. The van der Waals surface area contributed by atoms with E-state index in [2.05, 4.69) is 15.5 Å². The largest absolute Gasteiger partial charge is 0.339 e. The van der Waals surface area contributed by atoms with Crippen LogP contribution in [0.3, 0.4) is 0 Å². The standard InChI is InChI=1S/C20H20N4O3S/c1-13(25)21-17-6-4-14(5-7-17)18-22-19(27-23-18)15-3-2-9-24(11-15)20(26)16-8-10-28-12-16/h4-8,10,12,15H,2-3,9,11H2,1H3,(H,21,25). The number of rotatable bonds is 4. The molecule has 2 amide bonds. The minimum absolute atomic E-state index is 0.0382. The first-order chi connectivity index (χ1) is 13.6. The number of carbonyl (C=O) groups is 2. The fourth-order valence-corrected chi connectivity index (χ4v) is 3.99. The normalized spacial score (nSPS) is 16.8. The van der Waals surface area contributed by atoms with Crippen LogP contribution in [0, 0.1) is 0 Å². The maximum Gasteiger partial charge on any atom is 0.254 e. The van der Waals surface area contributed by atoms with Gasteiger partial charge in [-0.2, -0.15) is 16.3 Å². The van der Waals surface area contributed by atoms with Crippen LogP contribution in [0.4, 0.5) is 5.69 Å². The molecule has 3 heterocycles. The van der Waals surface area contributed by atoms with Crippen molar-refractivity contribution in [3.05, 3.63) is 52.5 Å². The molecule has 7 nitrogen and oxygen atoms in total. The number of hydrogen-bond donors (Lipinski definition) is 1. The number of likely N-dealkylation sites (tertiary alicyclic amines) is 1. The summed E-state index contributed by atoms with van der Waals surface area (Å²) in [7, 11) is 0. The van der Waals surface area contributed by atoms with Crippen LogP contribution in [-0.2, 0) is 4.79 Å². The lowest BCUT2D eigenvalue weighted by Crippen LogP contribution is -2.39. The third-order valence-electron chi connectivity index (χ3n) is 4.73. The van der Waals surface area contributed by atoms with Crippen molar-refractivity contribution in [2.75, 3.05) is 18.4 Å². The molecule has 144 valence electrons. The molecule has 1 saturated heterocycles. The first-order valence-electron chi connectivity index (χ1n) is 9.13. The number of nitrogens with zero attached hydrogens (tertiary/aromatic N) is 3. The molecule has 1 atom stereocenters. The van der Waals surface area contributed by atoms with Crippen molar-refractivity contribution in [1.82, 2.24) is 15.0 Å². The van der Waals surface area contributed by atoms with Crippen molar-refractivity contribution < 1.29 is 14.1 Å². The minimum Gasteiger partial charge on any atom is -0.339 e. The van der Waals surface area contributed by atoms with E-state index in [4.69, 9.17) is 4.52 Å². The summed E-state index contributed by atoms with van der Waals surface area (Å²) >= 11 is 1.52. The first kappa shape index (κ1) is 18.4. The summed E-state index contributed by atoms with van der Waals surface area (Å²) in [5.74, 6) is 1.04. The Morgan fingerprint density at radius 1 is 1.25 bits per heavy atom. The van der Waals surface area contributed by atoms with E-state index in [0.717, 1.165) is 36.2 Å². The highest BCUT2D eigenvalue weighted by atomic mass is 32.1. The lowest BCUT2D eigenvalue weighted by molar-refractivity contribution is -0.114. The molecule has 8 heteroatoms. The molecule has 0 radical (unpaired) electrons. The average molecular weight is 396 g/mol. The second-order valence-corrected chi connectivity index (χ2v) is 7.60. The molecule has 1 unspecified atom stereocenters. The van der Waals surface area contributed by atoms with E-state index >= 15 is 0 Å². The van der Waals surface area contributed by atoms with Crippen LogP contribution in [0.1, 0.15) is 41.9 Å². The highest BCUT2D eigenvalue weighted by Gasteiger charge is 2.29. The molecule has 0 bridgehead atoms. The Labute approximate surface area is 166 Å². The van der Waals surface area contributed by atoms with E-state index in [9.17, 15) is 9.59 Å². The lowest BCUT2D eigenvalue weighted by Gasteiger charge is -2.30. The smallest absolute Gasteiger partial charge is 0.254 e. The fourth-order valence-electron chi connectivity index (χ4n) is 3.36. The van der Waals surface area contributed by atoms with Gasteiger partial charge < -0.3 is 14.7 Å². The van der Waals surface area contributed by atoms with Crippen molar-refractivity contribution in [3.63, 3.8) is 0 Å². The molecule has 1 aromatic carbocycles. The second kappa shape index (κ2) is 7.93. The van der Waals surface area contributed by atoms with Gasteiger partial charge in [-0.15, -0.1) is 0 Å². The number of carbonyl (C=O) groups excluding carboxylic acids is 2. The molecule has 4 rings (SSSR count). The molecule has 1 aliphatic rings. The van der Waals surface area contributed by atoms with Crippen LogP contribution < -0.4 is 5.32 Å². The van der Waals surface area contributed by atoms with Crippen LogP contribution in [0.5, 0.6) is 0 Å². The number of thiophene rings is 1. The summed E-state index contributed by atoms with van der Waals surface area (Å²) < 4.78 is 5.51. The number of aromatic nitrogens is 2. The van der Waals surface area contributed by atoms with Gasteiger partial charge >= 0.3 is 0 Å². The van der Waals surface area contributed by atoms with E-state index in [-0.39, 0.29) is 17.7 Å². The van der Waals surface area contributed by atoms with Gasteiger partial charge in [-0.3, -0.25) is 9.59 Å². The number of hydrogen-bond acceptors (Lipinski definition) is 6. The topological polar surface area (TPSA) is 88.3 Å². The Bertz CT molecular complexity index is 966. The van der Waals surface area contributed by atoms with Gasteiger partial charge in [-0.1, -0.05) is 5.16 Å². The van der Waals surface area contributed by atoms with E-state index in [0.29, 0.717) is 18.3 Å². The number of benzene rings is 1. The highest BCUT2D eigenvalue weighted by Crippen LogP contribution is 2.29. The number of nitrogens with one attached hydrogen (secondary N) is 1. The van der Waals surface area contributed by atoms with Gasteiger partial charge in [0.2, 0.25) is 17.6 Å². The maximum absolute atomic E-state index is 12.6. The average Bonchev–Trinajstić information content (AvgIpc) is 3.40. The van der Waals surface area contributed by atoms with Crippen molar-refractivity contribution in [2.24, 2.45) is 0 Å². The van der Waals surface area contributed by atoms with E-state index < -0.39 is 0 Å². The van der Waals surface area contributed by atoms with Gasteiger partial charge in [0, 0.05) is 36.6 Å². The summed E-state index contributed by atoms with van der Waals surface area (Å²) in [6.07, 6.45) is 1.82. The third-order valence-corrected chi connectivity index (χ3v) is 5.41. The Morgan fingerprint density at radius 2 is 2.07 bits per heavy atom. The van der Waals surface area contributed by atoms with Crippen LogP contribution in [-0.4, -0.2) is 39.9 Å². The van der Waals surface area contributed by atoms with Gasteiger partial charge in [0.15, 0.2) is 0 Å². The molecule has 3 aromatic rings. The number of piperidine rings is 1. The second-order valence-electron chi connectivity index (χ2n) is 6.82. The highest BCUT2D eigenvalue weighted by molar-refractivity contribution is 7.08. The molecule has 0 spiro atoms. The van der Waals surface area contributed by atoms with Crippen LogP contribution in [0.25, 0.3) is 11.4 Å². The van der Waals surface area contributed by atoms with Gasteiger partial charge in [-0.05, 0) is 48.6 Å². The number of anilines is 1. The first-order valence-corrected chi connectivity index (χ1v) is 10.1. The maximum atomic E-state index is 12.6. The molecule has 1 fully saturated rings. The Hall–Kier alpha value is -3.00. The Balaban J connectivity index is 1.46. The SMILES string of the molecule is CC(=O)Nc1ccc(-c2noc(C3CCCN(C(=O)c4ccsc4)C3)n2)cc1. The Morgan fingerprint density at radius 3 is 2.79 bits per heavy atom. The molecule has 1 aliphatic heterocycles. The molecule has 28 heavy (non-hydrogen) atoms. The van der Waals surface area contributed by atoms with Gasteiger partial charge in [0.1, 0.15) is 0 Å². The Kier molecular flexibility index (Phi) is 5.21. The lowest BCUT2D eigenvalue weighted by atomic mass is 9.97. The number of amides is 2. The van der Waals surface area contributed by atoms with E-state index in [1.54, 1.807) is 12.1 Å². The molecule has 0 aliphatic carbocycles. The van der Waals surface area contributed by atoms with Crippen molar-refractivity contribution in [3.8, 4) is 11.4 Å². The predicted molar refractivity (Wildman–Crippen MR) is 106 cm³/mol. The summed E-state index contributed by atoms with van der Waals surface area (Å²) in [4.78, 5) is 30.1. The molecule has 0 saturated carbocycles. The van der Waals surface area contributed by atoms with Crippen molar-refractivity contribution in [1.29, 1.82) is 0 Å². The fraction of sp³-hybridized carbons (Fsp3) is 0.300. The van der Waals surface area contributed by atoms with E-state index in [1.165, 1.54) is 18.3 Å². The van der Waals surface area contributed by atoms with Gasteiger partial charge in [0.05, 0.1) is 11.5 Å². The van der Waals surface area contributed by atoms with Crippen LogP contribution >= 0.6 is 11.3 Å².